The second-order valence-electron chi connectivity index (χ2n) is 6.95. The van der Waals surface area contributed by atoms with Crippen LogP contribution in [-0.2, 0) is 0 Å². The molecule has 26 heavy (non-hydrogen) atoms. The minimum atomic E-state index is -0.344. The Morgan fingerprint density at radius 1 is 1.23 bits per heavy atom. The first-order valence-electron chi connectivity index (χ1n) is 8.72. The van der Waals surface area contributed by atoms with Gasteiger partial charge in [-0.15, -0.1) is 0 Å². The summed E-state index contributed by atoms with van der Waals surface area (Å²) in [5, 5.41) is 2.90. The van der Waals surface area contributed by atoms with Gasteiger partial charge < -0.3 is 20.0 Å². The molecular formula is C18H20N4O4. The smallest absolute Gasteiger partial charge is 0.268 e. The molecule has 2 fully saturated rings. The predicted octanol–water partition coefficient (Wildman–Crippen LogP) is 1.02. The molecular weight excluding hydrogens is 336 g/mol. The van der Waals surface area contributed by atoms with Crippen LogP contribution in [0.2, 0.25) is 0 Å². The lowest BCUT2D eigenvalue weighted by atomic mass is 9.78. The van der Waals surface area contributed by atoms with Crippen molar-refractivity contribution in [2.24, 2.45) is 0 Å². The van der Waals surface area contributed by atoms with Gasteiger partial charge in [0.05, 0.1) is 12.8 Å². The van der Waals surface area contributed by atoms with Gasteiger partial charge in [0.25, 0.3) is 11.5 Å². The van der Waals surface area contributed by atoms with Crippen molar-refractivity contribution in [2.45, 2.75) is 43.6 Å². The van der Waals surface area contributed by atoms with Crippen LogP contribution >= 0.6 is 0 Å². The third-order valence-electron chi connectivity index (χ3n) is 4.98. The van der Waals surface area contributed by atoms with E-state index in [0.717, 1.165) is 37.2 Å². The lowest BCUT2D eigenvalue weighted by molar-refractivity contribution is 0.0903. The van der Waals surface area contributed by atoms with E-state index in [4.69, 9.17) is 4.74 Å². The number of ether oxygens (including phenoxy) is 1. The molecule has 0 atom stereocenters. The summed E-state index contributed by atoms with van der Waals surface area (Å²) in [6.45, 7) is 0. The van der Waals surface area contributed by atoms with E-state index in [0.29, 0.717) is 5.92 Å². The summed E-state index contributed by atoms with van der Waals surface area (Å²) in [6, 6.07) is 2.78. The van der Waals surface area contributed by atoms with Crippen molar-refractivity contribution < 1.29 is 9.53 Å². The van der Waals surface area contributed by atoms with Gasteiger partial charge in [-0.3, -0.25) is 14.4 Å². The zero-order chi connectivity index (χ0) is 18.3. The molecule has 8 nitrogen and oxygen atoms in total. The number of H-pyrrole nitrogens is 2. The Kier molecular flexibility index (Phi) is 4.10. The van der Waals surface area contributed by atoms with Gasteiger partial charge in [-0.2, -0.15) is 0 Å². The van der Waals surface area contributed by atoms with Gasteiger partial charge in [0, 0.05) is 36.2 Å². The monoisotopic (exact) mass is 356 g/mol. The van der Waals surface area contributed by atoms with E-state index in [1.807, 2.05) is 0 Å². The van der Waals surface area contributed by atoms with Crippen LogP contribution in [0, 0.1) is 0 Å². The number of rotatable bonds is 5. The van der Waals surface area contributed by atoms with E-state index in [1.54, 1.807) is 6.07 Å². The number of carbonyl (C=O) groups excluding carboxylic acids is 1. The SMILES string of the molecule is COc1c[nH]c(C(=O)NC2CC(c3cc(=O)[nH]c(C4CC4)n3)C2)cc1=O. The Bertz CT molecular complexity index is 954. The fourth-order valence-electron chi connectivity index (χ4n) is 3.24. The van der Waals surface area contributed by atoms with Crippen LogP contribution in [0.1, 0.15) is 59.5 Å². The summed E-state index contributed by atoms with van der Waals surface area (Å²) in [5.74, 6) is 1.19. The van der Waals surface area contributed by atoms with Gasteiger partial charge in [-0.05, 0) is 25.7 Å². The summed E-state index contributed by atoms with van der Waals surface area (Å²) in [4.78, 5) is 46.0. The number of hydrogen-bond donors (Lipinski definition) is 3. The van der Waals surface area contributed by atoms with Crippen molar-refractivity contribution in [3.63, 3.8) is 0 Å². The molecule has 0 saturated heterocycles. The largest absolute Gasteiger partial charge is 0.491 e. The fourth-order valence-corrected chi connectivity index (χ4v) is 3.24. The average Bonchev–Trinajstić information content (AvgIpc) is 3.41. The van der Waals surface area contributed by atoms with Crippen molar-refractivity contribution >= 4 is 5.91 Å². The molecule has 2 aliphatic rings. The first-order valence-corrected chi connectivity index (χ1v) is 8.72. The number of aromatic nitrogens is 3. The zero-order valence-corrected chi connectivity index (χ0v) is 14.4. The lowest BCUT2D eigenvalue weighted by Crippen LogP contribution is -2.44. The topological polar surface area (TPSA) is 117 Å². The number of carbonyl (C=O) groups is 1. The number of aromatic amines is 2. The number of pyridine rings is 1. The van der Waals surface area contributed by atoms with Crippen molar-refractivity contribution in [2.75, 3.05) is 7.11 Å². The summed E-state index contributed by atoms with van der Waals surface area (Å²) in [5.41, 5.74) is 0.548. The molecule has 2 aliphatic carbocycles. The maximum absolute atomic E-state index is 12.3. The summed E-state index contributed by atoms with van der Waals surface area (Å²) < 4.78 is 4.89. The highest BCUT2D eigenvalue weighted by Crippen LogP contribution is 2.40. The van der Waals surface area contributed by atoms with Crippen LogP contribution in [0.15, 0.2) is 27.9 Å². The second-order valence-corrected chi connectivity index (χ2v) is 6.95. The molecule has 0 radical (unpaired) electrons. The highest BCUT2D eigenvalue weighted by molar-refractivity contribution is 5.92. The van der Waals surface area contributed by atoms with E-state index in [1.165, 1.54) is 19.4 Å². The number of nitrogens with zero attached hydrogens (tertiary/aromatic N) is 1. The molecule has 2 saturated carbocycles. The minimum Gasteiger partial charge on any atom is -0.491 e. The molecule has 136 valence electrons. The third-order valence-corrected chi connectivity index (χ3v) is 4.98. The normalized spacial score (nSPS) is 21.7. The molecule has 0 aliphatic heterocycles. The molecule has 0 bridgehead atoms. The molecule has 1 amide bonds. The maximum Gasteiger partial charge on any atom is 0.268 e. The standard InChI is InChI=1S/C18H20N4O4/c1-26-15-8-19-13(6-14(15)23)18(25)20-11-4-10(5-11)12-7-16(24)22-17(21-12)9-2-3-9/h6-11H,2-5H2,1H3,(H,19,23)(H,20,25)(H,21,22,24). The number of methoxy groups -OCH3 is 1. The van der Waals surface area contributed by atoms with Crippen molar-refractivity contribution in [1.29, 1.82) is 0 Å². The molecule has 2 aromatic heterocycles. The molecule has 2 aromatic rings. The van der Waals surface area contributed by atoms with Crippen LogP contribution in [0.3, 0.4) is 0 Å². The maximum atomic E-state index is 12.3. The van der Waals surface area contributed by atoms with Crippen molar-refractivity contribution in [3.8, 4) is 5.75 Å². The van der Waals surface area contributed by atoms with E-state index in [2.05, 4.69) is 20.3 Å². The summed E-state index contributed by atoms with van der Waals surface area (Å²) in [7, 11) is 1.40. The first kappa shape index (κ1) is 16.6. The highest BCUT2D eigenvalue weighted by atomic mass is 16.5. The van der Waals surface area contributed by atoms with Crippen LogP contribution in [0.4, 0.5) is 0 Å². The molecule has 8 heteroatoms. The van der Waals surface area contributed by atoms with Crippen molar-refractivity contribution in [3.05, 3.63) is 56.1 Å². The Morgan fingerprint density at radius 2 is 2.00 bits per heavy atom. The van der Waals surface area contributed by atoms with Gasteiger partial charge in [0.15, 0.2) is 5.75 Å². The van der Waals surface area contributed by atoms with Crippen LogP contribution in [0.25, 0.3) is 0 Å². The second kappa shape index (κ2) is 6.44. The van der Waals surface area contributed by atoms with Crippen molar-refractivity contribution in [1.82, 2.24) is 20.3 Å². The molecule has 0 aromatic carbocycles. The average molecular weight is 356 g/mol. The van der Waals surface area contributed by atoms with Crippen LogP contribution in [-0.4, -0.2) is 34.0 Å². The molecule has 3 N–H and O–H groups in total. The Hall–Kier alpha value is -2.90. The van der Waals surface area contributed by atoms with E-state index in [-0.39, 0.29) is 40.3 Å². The van der Waals surface area contributed by atoms with Crippen LogP contribution < -0.4 is 21.0 Å². The molecule has 4 rings (SSSR count). The number of hydrogen-bond acceptors (Lipinski definition) is 5. The molecule has 0 unspecified atom stereocenters. The Morgan fingerprint density at radius 3 is 2.65 bits per heavy atom. The highest BCUT2D eigenvalue weighted by Gasteiger charge is 2.34. The minimum absolute atomic E-state index is 0.00330. The molecule has 0 spiro atoms. The lowest BCUT2D eigenvalue weighted by Gasteiger charge is -2.35. The van der Waals surface area contributed by atoms with E-state index in [9.17, 15) is 14.4 Å². The first-order chi connectivity index (χ1) is 12.5. The van der Waals surface area contributed by atoms with E-state index >= 15 is 0 Å². The Labute approximate surface area is 149 Å². The number of nitrogens with one attached hydrogen (secondary N) is 3. The zero-order valence-electron chi connectivity index (χ0n) is 14.4. The number of amides is 1. The quantitative estimate of drug-likeness (QED) is 0.739. The van der Waals surface area contributed by atoms with Crippen LogP contribution in [0.5, 0.6) is 5.75 Å². The Balaban J connectivity index is 1.38. The molecule has 2 heterocycles. The summed E-state index contributed by atoms with van der Waals surface area (Å²) >= 11 is 0. The third kappa shape index (κ3) is 3.26. The van der Waals surface area contributed by atoms with E-state index < -0.39 is 0 Å². The van der Waals surface area contributed by atoms with Gasteiger partial charge in [-0.25, -0.2) is 4.98 Å². The van der Waals surface area contributed by atoms with Gasteiger partial charge >= 0.3 is 0 Å². The van der Waals surface area contributed by atoms with Gasteiger partial charge in [0.1, 0.15) is 11.5 Å². The van der Waals surface area contributed by atoms with Gasteiger partial charge in [0.2, 0.25) is 5.43 Å². The summed E-state index contributed by atoms with van der Waals surface area (Å²) in [6.07, 6.45) is 4.99. The fraction of sp³-hybridized carbons (Fsp3) is 0.444. The van der Waals surface area contributed by atoms with Gasteiger partial charge in [-0.1, -0.05) is 0 Å². The predicted molar refractivity (Wildman–Crippen MR) is 93.7 cm³/mol.